The molecule has 0 saturated heterocycles. The van der Waals surface area contributed by atoms with Crippen LogP contribution < -0.4 is 0 Å². The second kappa shape index (κ2) is 13.1. The molecule has 0 saturated carbocycles. The maximum Gasteiger partial charge on any atom is -0.0198 e. The summed E-state index contributed by atoms with van der Waals surface area (Å²) in [5.74, 6) is 0. The van der Waals surface area contributed by atoms with Gasteiger partial charge in [-0.1, -0.05) is 95.1 Å². The molecule has 0 amide bonds. The molecule has 0 fully saturated rings. The Morgan fingerprint density at radius 3 is 0.500 bits per heavy atom. The first kappa shape index (κ1) is 30.9. The van der Waals surface area contributed by atoms with Crippen LogP contribution in [0.15, 0.2) is 48.5 Å². The highest BCUT2D eigenvalue weighted by molar-refractivity contribution is 5.76. The molecule has 208 valence electrons. The van der Waals surface area contributed by atoms with Crippen molar-refractivity contribution >= 4 is 24.3 Å². The van der Waals surface area contributed by atoms with Crippen LogP contribution in [-0.2, 0) is 0 Å². The van der Waals surface area contributed by atoms with Crippen LogP contribution in [0.1, 0.15) is 89.0 Å². The molecule has 0 aliphatic rings. The molecule has 0 spiro atoms. The molecule has 0 nitrogen and oxygen atoms in total. The fraction of sp³-hybridized carbons (Fsp3) is 0.300. The molecule has 0 unspecified atom stereocenters. The molecule has 0 aliphatic carbocycles. The lowest BCUT2D eigenvalue weighted by molar-refractivity contribution is 1.29. The minimum atomic E-state index is 1.33. The highest BCUT2D eigenvalue weighted by Crippen LogP contribution is 2.24. The molecule has 0 heteroatoms. The number of benzene rings is 4. The van der Waals surface area contributed by atoms with Gasteiger partial charge in [0.15, 0.2) is 0 Å². The highest BCUT2D eigenvalue weighted by atomic mass is 14.1. The van der Waals surface area contributed by atoms with E-state index in [2.05, 4.69) is 156 Å². The van der Waals surface area contributed by atoms with E-state index in [0.717, 1.165) is 0 Å². The van der Waals surface area contributed by atoms with Gasteiger partial charge in [0.2, 0.25) is 0 Å². The van der Waals surface area contributed by atoms with E-state index < -0.39 is 0 Å². The van der Waals surface area contributed by atoms with Gasteiger partial charge in [-0.3, -0.25) is 0 Å². The first-order chi connectivity index (χ1) is 18.8. The fourth-order valence-electron chi connectivity index (χ4n) is 6.15. The van der Waals surface area contributed by atoms with E-state index in [0.29, 0.717) is 0 Å². The van der Waals surface area contributed by atoms with Gasteiger partial charge in [0.25, 0.3) is 0 Å². The third-order valence-corrected chi connectivity index (χ3v) is 7.79. The molecule has 4 aromatic rings. The van der Waals surface area contributed by atoms with Crippen LogP contribution in [0.2, 0.25) is 0 Å². The van der Waals surface area contributed by atoms with Crippen molar-refractivity contribution in [2.45, 2.75) is 83.1 Å². The quantitative estimate of drug-likeness (QED) is 0.231. The molecule has 4 rings (SSSR count). The molecular weight excluding hydrogens is 480 g/mol. The zero-order chi connectivity index (χ0) is 29.7. The van der Waals surface area contributed by atoms with E-state index in [4.69, 9.17) is 0 Å². The van der Waals surface area contributed by atoms with E-state index >= 15 is 0 Å². The predicted molar refractivity (Wildman–Crippen MR) is 180 cm³/mol. The average molecular weight is 529 g/mol. The van der Waals surface area contributed by atoms with Crippen molar-refractivity contribution in [1.82, 2.24) is 0 Å². The van der Waals surface area contributed by atoms with Crippen molar-refractivity contribution in [3.05, 3.63) is 138 Å². The summed E-state index contributed by atoms with van der Waals surface area (Å²) in [6.07, 6.45) is 9.03. The summed E-state index contributed by atoms with van der Waals surface area (Å²) in [5, 5.41) is 0. The summed E-state index contributed by atoms with van der Waals surface area (Å²) in [6, 6.07) is 18.0. The SMILES string of the molecule is Cc1cc(C)c(/C=C/c2c(C)cc(C)cc2C)c(C)c1.Cc1cc(C)c(/C=C/c2c(C)cc(C)cc2C)c(C)c1. The Bertz CT molecular complexity index is 1250. The van der Waals surface area contributed by atoms with E-state index in [1.807, 2.05) is 0 Å². The van der Waals surface area contributed by atoms with Gasteiger partial charge >= 0.3 is 0 Å². The zero-order valence-corrected chi connectivity index (χ0v) is 26.9. The Hall–Kier alpha value is -3.64. The monoisotopic (exact) mass is 528 g/mol. The standard InChI is InChI=1S/2C20H24/c2*1-13-9-15(3)19(16(4)10-13)7-8-20-17(5)11-14(2)12-18(20)6/h2*7-12H,1-6H3/b2*8-7+. The first-order valence-corrected chi connectivity index (χ1v) is 14.4. The van der Waals surface area contributed by atoms with Crippen LogP contribution in [0.5, 0.6) is 0 Å². The highest BCUT2D eigenvalue weighted by Gasteiger charge is 2.05. The van der Waals surface area contributed by atoms with Gasteiger partial charge in [0.1, 0.15) is 0 Å². The van der Waals surface area contributed by atoms with Crippen molar-refractivity contribution in [2.24, 2.45) is 0 Å². The maximum atomic E-state index is 2.26. The molecule has 40 heavy (non-hydrogen) atoms. The molecule has 0 radical (unpaired) electrons. The summed E-state index contributed by atoms with van der Waals surface area (Å²) < 4.78 is 0. The Labute approximate surface area is 244 Å². The summed E-state index contributed by atoms with van der Waals surface area (Å²) in [6.45, 7) is 26.1. The summed E-state index contributed by atoms with van der Waals surface area (Å²) in [7, 11) is 0. The Balaban J connectivity index is 0.000000220. The van der Waals surface area contributed by atoms with E-state index in [9.17, 15) is 0 Å². The van der Waals surface area contributed by atoms with E-state index in [1.165, 1.54) is 89.0 Å². The maximum absolute atomic E-state index is 2.26. The lowest BCUT2D eigenvalue weighted by Gasteiger charge is -2.09. The number of aryl methyl sites for hydroxylation is 12. The molecule has 0 aliphatic heterocycles. The van der Waals surface area contributed by atoms with Crippen molar-refractivity contribution in [3.63, 3.8) is 0 Å². The number of hydrogen-bond donors (Lipinski definition) is 0. The van der Waals surface area contributed by atoms with E-state index in [1.54, 1.807) is 0 Å². The van der Waals surface area contributed by atoms with Gasteiger partial charge in [-0.05, 0) is 150 Å². The van der Waals surface area contributed by atoms with Gasteiger partial charge < -0.3 is 0 Å². The molecule has 0 aromatic heterocycles. The minimum Gasteiger partial charge on any atom is -0.0558 e. The molecule has 0 atom stereocenters. The molecule has 0 N–H and O–H groups in total. The topological polar surface area (TPSA) is 0 Å². The lowest BCUT2D eigenvalue weighted by Crippen LogP contribution is -1.90. The number of rotatable bonds is 4. The van der Waals surface area contributed by atoms with Crippen molar-refractivity contribution in [2.75, 3.05) is 0 Å². The summed E-state index contributed by atoms with van der Waals surface area (Å²) in [4.78, 5) is 0. The summed E-state index contributed by atoms with van der Waals surface area (Å²) >= 11 is 0. The third-order valence-electron chi connectivity index (χ3n) is 7.79. The van der Waals surface area contributed by atoms with Crippen LogP contribution in [0, 0.1) is 83.1 Å². The van der Waals surface area contributed by atoms with Gasteiger partial charge in [0.05, 0.1) is 0 Å². The van der Waals surface area contributed by atoms with Crippen LogP contribution in [0.25, 0.3) is 24.3 Å². The van der Waals surface area contributed by atoms with E-state index in [-0.39, 0.29) is 0 Å². The second-order valence-corrected chi connectivity index (χ2v) is 11.9. The molecule has 0 heterocycles. The van der Waals surface area contributed by atoms with Gasteiger partial charge in [-0.25, -0.2) is 0 Å². The Kier molecular flexibility index (Phi) is 10.2. The van der Waals surface area contributed by atoms with Crippen molar-refractivity contribution < 1.29 is 0 Å². The van der Waals surface area contributed by atoms with Crippen LogP contribution in [0.3, 0.4) is 0 Å². The lowest BCUT2D eigenvalue weighted by atomic mass is 9.96. The Morgan fingerprint density at radius 2 is 0.375 bits per heavy atom. The summed E-state index contributed by atoms with van der Waals surface area (Å²) in [5.41, 5.74) is 21.5. The van der Waals surface area contributed by atoms with Crippen LogP contribution >= 0.6 is 0 Å². The zero-order valence-electron chi connectivity index (χ0n) is 26.9. The smallest absolute Gasteiger partial charge is 0.0198 e. The van der Waals surface area contributed by atoms with Gasteiger partial charge in [0, 0.05) is 0 Å². The fourth-order valence-corrected chi connectivity index (χ4v) is 6.15. The van der Waals surface area contributed by atoms with Crippen molar-refractivity contribution in [1.29, 1.82) is 0 Å². The predicted octanol–water partition coefficient (Wildman–Crippen LogP) is 11.4. The van der Waals surface area contributed by atoms with Gasteiger partial charge in [-0.15, -0.1) is 0 Å². The Morgan fingerprint density at radius 1 is 0.250 bits per heavy atom. The van der Waals surface area contributed by atoms with Crippen LogP contribution in [-0.4, -0.2) is 0 Å². The molecular formula is C40H48. The molecule has 4 aromatic carbocycles. The van der Waals surface area contributed by atoms with Crippen molar-refractivity contribution in [3.8, 4) is 0 Å². The number of hydrogen-bond acceptors (Lipinski definition) is 0. The van der Waals surface area contributed by atoms with Crippen LogP contribution in [0.4, 0.5) is 0 Å². The normalized spacial score (nSPS) is 11.3. The average Bonchev–Trinajstić information content (AvgIpc) is 2.80. The first-order valence-electron chi connectivity index (χ1n) is 14.4. The minimum absolute atomic E-state index is 1.33. The molecule has 0 bridgehead atoms. The third kappa shape index (κ3) is 7.72. The van der Waals surface area contributed by atoms with Gasteiger partial charge in [-0.2, -0.15) is 0 Å². The largest absolute Gasteiger partial charge is 0.0558 e. The second-order valence-electron chi connectivity index (χ2n) is 11.9.